The van der Waals surface area contributed by atoms with E-state index in [0.29, 0.717) is 12.1 Å². The van der Waals surface area contributed by atoms with Crippen molar-refractivity contribution in [2.45, 2.75) is 19.5 Å². The lowest BCUT2D eigenvalue weighted by molar-refractivity contribution is 0.406. The van der Waals surface area contributed by atoms with Crippen LogP contribution in [0.15, 0.2) is 42.5 Å². The fourth-order valence-corrected chi connectivity index (χ4v) is 2.48. The van der Waals surface area contributed by atoms with Crippen molar-refractivity contribution < 1.29 is 4.74 Å². The van der Waals surface area contributed by atoms with E-state index in [9.17, 15) is 0 Å². The molecular weight excluding hydrogens is 284 g/mol. The summed E-state index contributed by atoms with van der Waals surface area (Å²) in [7, 11) is 1.63. The number of methoxy groups -OCH3 is 1. The molecule has 0 aliphatic carbocycles. The lowest BCUT2D eigenvalue weighted by Gasteiger charge is -2.17. The predicted octanol–water partition coefficient (Wildman–Crippen LogP) is 4.07. The molecule has 3 nitrogen and oxygen atoms in total. The molecule has 0 saturated carbocycles. The number of halogens is 1. The molecule has 1 unspecified atom stereocenters. The summed E-state index contributed by atoms with van der Waals surface area (Å²) >= 11 is 6.20. The average Bonchev–Trinajstić information content (AvgIpc) is 2.52. The number of nitrogens with one attached hydrogen (secondary N) is 1. The standard InChI is InChI=1S/C17H17ClN2O/c1-12(15-5-3-4-6-16(15)18)20-11-14-9-13(10-19)7-8-17(14)21-2/h3-9,12,20H,11H2,1-2H3. The Labute approximate surface area is 130 Å². The van der Waals surface area contributed by atoms with Gasteiger partial charge in [-0.15, -0.1) is 0 Å². The summed E-state index contributed by atoms with van der Waals surface area (Å²) in [5.74, 6) is 0.771. The van der Waals surface area contributed by atoms with Gasteiger partial charge in [-0.2, -0.15) is 5.26 Å². The molecule has 0 radical (unpaired) electrons. The van der Waals surface area contributed by atoms with Crippen LogP contribution in [-0.2, 0) is 6.54 Å². The van der Waals surface area contributed by atoms with Crippen molar-refractivity contribution in [1.29, 1.82) is 5.26 Å². The number of rotatable bonds is 5. The van der Waals surface area contributed by atoms with Gasteiger partial charge in [0.15, 0.2) is 0 Å². The monoisotopic (exact) mass is 300 g/mol. The van der Waals surface area contributed by atoms with E-state index >= 15 is 0 Å². The minimum Gasteiger partial charge on any atom is -0.496 e. The molecule has 0 amide bonds. The van der Waals surface area contributed by atoms with Crippen molar-refractivity contribution in [3.8, 4) is 11.8 Å². The Hall–Kier alpha value is -2.02. The third-order valence-corrected chi connectivity index (χ3v) is 3.72. The van der Waals surface area contributed by atoms with Crippen LogP contribution in [0.3, 0.4) is 0 Å². The third kappa shape index (κ3) is 3.75. The lowest BCUT2D eigenvalue weighted by Crippen LogP contribution is -2.18. The highest BCUT2D eigenvalue weighted by Gasteiger charge is 2.10. The summed E-state index contributed by atoms with van der Waals surface area (Å²) < 4.78 is 5.33. The van der Waals surface area contributed by atoms with Gasteiger partial charge in [-0.3, -0.25) is 0 Å². The maximum absolute atomic E-state index is 8.99. The van der Waals surface area contributed by atoms with Crippen LogP contribution >= 0.6 is 11.6 Å². The summed E-state index contributed by atoms with van der Waals surface area (Å²) in [5, 5.41) is 13.1. The van der Waals surface area contributed by atoms with E-state index in [1.54, 1.807) is 13.2 Å². The first-order chi connectivity index (χ1) is 10.2. The van der Waals surface area contributed by atoms with Crippen LogP contribution in [0.25, 0.3) is 0 Å². The normalized spacial score (nSPS) is 11.7. The molecule has 0 spiro atoms. The predicted molar refractivity (Wildman–Crippen MR) is 84.4 cm³/mol. The molecule has 0 bridgehead atoms. The SMILES string of the molecule is COc1ccc(C#N)cc1CNC(C)c1ccccc1Cl. The summed E-state index contributed by atoms with van der Waals surface area (Å²) in [6, 6.07) is 15.4. The zero-order valence-corrected chi connectivity index (χ0v) is 12.8. The van der Waals surface area contributed by atoms with Gasteiger partial charge in [0.05, 0.1) is 18.7 Å². The lowest BCUT2D eigenvalue weighted by atomic mass is 10.1. The summed E-state index contributed by atoms with van der Waals surface area (Å²) in [6.07, 6.45) is 0. The molecule has 0 fully saturated rings. The highest BCUT2D eigenvalue weighted by molar-refractivity contribution is 6.31. The highest BCUT2D eigenvalue weighted by atomic mass is 35.5. The minimum atomic E-state index is 0.106. The molecule has 0 heterocycles. The van der Waals surface area contributed by atoms with Gasteiger partial charge in [-0.1, -0.05) is 29.8 Å². The largest absolute Gasteiger partial charge is 0.496 e. The average molecular weight is 301 g/mol. The van der Waals surface area contributed by atoms with E-state index in [1.807, 2.05) is 36.4 Å². The summed E-state index contributed by atoms with van der Waals surface area (Å²) in [5.41, 5.74) is 2.63. The molecule has 1 atom stereocenters. The Morgan fingerprint density at radius 1 is 1.29 bits per heavy atom. The van der Waals surface area contributed by atoms with Crippen molar-refractivity contribution in [1.82, 2.24) is 5.32 Å². The Morgan fingerprint density at radius 2 is 2.05 bits per heavy atom. The first-order valence-electron chi connectivity index (χ1n) is 6.70. The zero-order valence-electron chi connectivity index (χ0n) is 12.1. The molecule has 108 valence electrons. The van der Waals surface area contributed by atoms with E-state index in [4.69, 9.17) is 21.6 Å². The van der Waals surface area contributed by atoms with Crippen molar-refractivity contribution in [3.05, 3.63) is 64.2 Å². The van der Waals surface area contributed by atoms with Crippen molar-refractivity contribution in [2.75, 3.05) is 7.11 Å². The van der Waals surface area contributed by atoms with Crippen molar-refractivity contribution in [3.63, 3.8) is 0 Å². The molecule has 0 saturated heterocycles. The Kier molecular flexibility index (Phi) is 5.21. The van der Waals surface area contributed by atoms with E-state index in [-0.39, 0.29) is 6.04 Å². The fourth-order valence-electron chi connectivity index (χ4n) is 2.19. The molecule has 2 aromatic carbocycles. The van der Waals surface area contributed by atoms with Gasteiger partial charge in [0.25, 0.3) is 0 Å². The van der Waals surface area contributed by atoms with E-state index < -0.39 is 0 Å². The molecule has 0 aliphatic heterocycles. The maximum atomic E-state index is 8.99. The third-order valence-electron chi connectivity index (χ3n) is 3.38. The van der Waals surface area contributed by atoms with E-state index in [2.05, 4.69) is 18.3 Å². The number of nitrogens with zero attached hydrogens (tertiary/aromatic N) is 1. The van der Waals surface area contributed by atoms with Crippen LogP contribution < -0.4 is 10.1 Å². The fraction of sp³-hybridized carbons (Fsp3) is 0.235. The number of ether oxygens (including phenoxy) is 1. The summed E-state index contributed by atoms with van der Waals surface area (Å²) in [4.78, 5) is 0. The van der Waals surface area contributed by atoms with Crippen LogP contribution in [0.4, 0.5) is 0 Å². The van der Waals surface area contributed by atoms with Crippen LogP contribution in [0, 0.1) is 11.3 Å². The first kappa shape index (κ1) is 15.4. The molecule has 2 rings (SSSR count). The van der Waals surface area contributed by atoms with Crippen LogP contribution in [0.1, 0.15) is 29.7 Å². The molecule has 4 heteroatoms. The van der Waals surface area contributed by atoms with Gasteiger partial charge in [0.1, 0.15) is 5.75 Å². The van der Waals surface area contributed by atoms with Gasteiger partial charge in [0, 0.05) is 23.2 Å². The van der Waals surface area contributed by atoms with Crippen LogP contribution in [0.5, 0.6) is 5.75 Å². The van der Waals surface area contributed by atoms with Gasteiger partial charge in [0.2, 0.25) is 0 Å². The molecule has 0 aromatic heterocycles. The van der Waals surface area contributed by atoms with Crippen molar-refractivity contribution >= 4 is 11.6 Å². The Morgan fingerprint density at radius 3 is 2.71 bits per heavy atom. The van der Waals surface area contributed by atoms with E-state index in [0.717, 1.165) is 21.9 Å². The number of hydrogen-bond acceptors (Lipinski definition) is 3. The molecule has 21 heavy (non-hydrogen) atoms. The Bertz CT molecular complexity index is 664. The topological polar surface area (TPSA) is 45.0 Å². The van der Waals surface area contributed by atoms with Gasteiger partial charge in [-0.25, -0.2) is 0 Å². The minimum absolute atomic E-state index is 0.106. The van der Waals surface area contributed by atoms with Gasteiger partial charge in [-0.05, 0) is 36.8 Å². The van der Waals surface area contributed by atoms with Crippen LogP contribution in [0.2, 0.25) is 5.02 Å². The number of hydrogen-bond donors (Lipinski definition) is 1. The number of benzene rings is 2. The van der Waals surface area contributed by atoms with Crippen LogP contribution in [-0.4, -0.2) is 7.11 Å². The summed E-state index contributed by atoms with van der Waals surface area (Å²) in [6.45, 7) is 2.66. The zero-order chi connectivity index (χ0) is 15.2. The Balaban J connectivity index is 2.13. The van der Waals surface area contributed by atoms with Crippen molar-refractivity contribution in [2.24, 2.45) is 0 Å². The molecule has 0 aliphatic rings. The van der Waals surface area contributed by atoms with E-state index in [1.165, 1.54) is 0 Å². The smallest absolute Gasteiger partial charge is 0.123 e. The first-order valence-corrected chi connectivity index (χ1v) is 7.08. The second-order valence-electron chi connectivity index (χ2n) is 4.76. The highest BCUT2D eigenvalue weighted by Crippen LogP contribution is 2.24. The second-order valence-corrected chi connectivity index (χ2v) is 5.17. The molecule has 2 aromatic rings. The quantitative estimate of drug-likeness (QED) is 0.905. The second kappa shape index (κ2) is 7.12. The number of nitriles is 1. The van der Waals surface area contributed by atoms with Gasteiger partial charge < -0.3 is 10.1 Å². The molecular formula is C17H17ClN2O. The molecule has 1 N–H and O–H groups in total. The van der Waals surface area contributed by atoms with Gasteiger partial charge >= 0.3 is 0 Å². The maximum Gasteiger partial charge on any atom is 0.123 e.